The predicted octanol–water partition coefficient (Wildman–Crippen LogP) is 0.824. The van der Waals surface area contributed by atoms with Crippen LogP contribution in [-0.4, -0.2) is 53.5 Å². The van der Waals surface area contributed by atoms with E-state index < -0.39 is 42.1 Å². The second-order valence-electron chi connectivity index (χ2n) is 3.18. The third kappa shape index (κ3) is 6.19. The Labute approximate surface area is 120 Å². The van der Waals surface area contributed by atoms with E-state index in [2.05, 4.69) is 14.1 Å². The lowest BCUT2D eigenvalue weighted by atomic mass is 10.6. The molecule has 0 aromatic carbocycles. The predicted molar refractivity (Wildman–Crippen MR) is 61.5 cm³/mol. The summed E-state index contributed by atoms with van der Waals surface area (Å²) in [7, 11) is 0. The zero-order chi connectivity index (χ0) is 15.0. The SMILES string of the molecule is O=C(COC(=O)C(F)(F)SOOO)OC1CSCCO1. The molecular weight excluding hydrogens is 326 g/mol. The molecule has 1 unspecified atom stereocenters. The number of esters is 2. The molecule has 1 heterocycles. The molecular formula is C8H10F2O8S2. The minimum Gasteiger partial charge on any atom is -0.448 e. The average Bonchev–Trinajstić information content (AvgIpc) is 2.43. The van der Waals surface area contributed by atoms with Gasteiger partial charge in [-0.25, -0.2) is 14.8 Å². The van der Waals surface area contributed by atoms with Gasteiger partial charge in [-0.3, -0.25) is 0 Å². The van der Waals surface area contributed by atoms with Gasteiger partial charge in [0.2, 0.25) is 6.29 Å². The fourth-order valence-electron chi connectivity index (χ4n) is 1.02. The van der Waals surface area contributed by atoms with E-state index in [4.69, 9.17) is 14.7 Å². The van der Waals surface area contributed by atoms with Gasteiger partial charge < -0.3 is 14.2 Å². The summed E-state index contributed by atoms with van der Waals surface area (Å²) in [5.74, 6) is -1.89. The van der Waals surface area contributed by atoms with E-state index in [1.165, 1.54) is 11.8 Å². The number of ether oxygens (including phenoxy) is 3. The van der Waals surface area contributed by atoms with Crippen molar-refractivity contribution in [1.82, 2.24) is 0 Å². The quantitative estimate of drug-likeness (QED) is 0.311. The van der Waals surface area contributed by atoms with Gasteiger partial charge in [0.15, 0.2) is 6.61 Å². The molecule has 0 aromatic heterocycles. The van der Waals surface area contributed by atoms with Crippen LogP contribution < -0.4 is 0 Å². The van der Waals surface area contributed by atoms with Crippen molar-refractivity contribution in [3.05, 3.63) is 0 Å². The molecule has 0 amide bonds. The van der Waals surface area contributed by atoms with E-state index in [-0.39, 0.29) is 0 Å². The first-order valence-electron chi connectivity index (χ1n) is 5.05. The summed E-state index contributed by atoms with van der Waals surface area (Å²) in [6.45, 7) is -0.602. The summed E-state index contributed by atoms with van der Waals surface area (Å²) in [5, 5.41) is 6.46. The van der Waals surface area contributed by atoms with Crippen LogP contribution in [0.3, 0.4) is 0 Å². The molecule has 20 heavy (non-hydrogen) atoms. The number of carbonyl (C=O) groups excluding carboxylic acids is 2. The molecule has 1 atom stereocenters. The molecule has 0 aromatic rings. The maximum Gasteiger partial charge on any atom is 0.415 e. The van der Waals surface area contributed by atoms with E-state index in [0.29, 0.717) is 12.4 Å². The van der Waals surface area contributed by atoms with Crippen LogP contribution in [0.2, 0.25) is 0 Å². The lowest BCUT2D eigenvalue weighted by molar-refractivity contribution is -0.433. The molecule has 116 valence electrons. The van der Waals surface area contributed by atoms with Gasteiger partial charge in [-0.15, -0.1) is 4.33 Å². The summed E-state index contributed by atoms with van der Waals surface area (Å²) < 4.78 is 43.1. The van der Waals surface area contributed by atoms with E-state index in [1.807, 2.05) is 0 Å². The van der Waals surface area contributed by atoms with Gasteiger partial charge in [0.1, 0.15) is 12.0 Å². The molecule has 0 aliphatic carbocycles. The zero-order valence-corrected chi connectivity index (χ0v) is 11.4. The van der Waals surface area contributed by atoms with Crippen LogP contribution in [0.5, 0.6) is 0 Å². The second-order valence-corrected chi connectivity index (χ2v) is 5.15. The normalized spacial score (nSPS) is 19.4. The van der Waals surface area contributed by atoms with Crippen molar-refractivity contribution >= 4 is 35.7 Å². The van der Waals surface area contributed by atoms with Crippen molar-refractivity contribution in [2.75, 3.05) is 24.7 Å². The van der Waals surface area contributed by atoms with Crippen LogP contribution in [0.15, 0.2) is 0 Å². The van der Waals surface area contributed by atoms with E-state index in [0.717, 1.165) is 5.75 Å². The second kappa shape index (κ2) is 8.59. The van der Waals surface area contributed by atoms with Gasteiger partial charge in [0, 0.05) is 5.75 Å². The number of halogens is 2. The van der Waals surface area contributed by atoms with Crippen molar-refractivity contribution in [3.8, 4) is 0 Å². The van der Waals surface area contributed by atoms with Crippen LogP contribution in [0.25, 0.3) is 0 Å². The first kappa shape index (κ1) is 17.4. The molecule has 12 heteroatoms. The lowest BCUT2D eigenvalue weighted by Gasteiger charge is -2.22. The Morgan fingerprint density at radius 2 is 2.25 bits per heavy atom. The molecule has 1 rings (SSSR count). The molecule has 0 radical (unpaired) electrons. The zero-order valence-electron chi connectivity index (χ0n) is 9.78. The van der Waals surface area contributed by atoms with Gasteiger partial charge in [-0.2, -0.15) is 20.5 Å². The first-order chi connectivity index (χ1) is 9.45. The molecule has 1 aliphatic rings. The van der Waals surface area contributed by atoms with Crippen LogP contribution >= 0.6 is 23.8 Å². The molecule has 1 saturated heterocycles. The minimum atomic E-state index is -4.15. The average molecular weight is 336 g/mol. The number of hydrogen-bond donors (Lipinski definition) is 1. The standard InChI is InChI=1S/C8H10F2O8S2/c9-8(10,20-18-17-13)7(12)15-3-5(11)16-6-4-19-2-1-14-6/h6,13H,1-4H2. The molecule has 0 spiro atoms. The summed E-state index contributed by atoms with van der Waals surface area (Å²) >= 11 is 0.709. The van der Waals surface area contributed by atoms with Gasteiger partial charge in [-0.05, 0) is 0 Å². The van der Waals surface area contributed by atoms with E-state index in [9.17, 15) is 18.4 Å². The van der Waals surface area contributed by atoms with Crippen LogP contribution in [-0.2, 0) is 33.2 Å². The van der Waals surface area contributed by atoms with Gasteiger partial charge in [-0.1, -0.05) is 5.04 Å². The molecule has 1 aliphatic heterocycles. The van der Waals surface area contributed by atoms with Crippen molar-refractivity contribution in [1.29, 1.82) is 0 Å². The maximum atomic E-state index is 12.9. The van der Waals surface area contributed by atoms with Crippen molar-refractivity contribution in [3.63, 3.8) is 0 Å². The third-order valence-corrected chi connectivity index (χ3v) is 3.24. The molecule has 8 nitrogen and oxygen atoms in total. The Hall–Kier alpha value is -0.660. The highest BCUT2D eigenvalue weighted by Crippen LogP contribution is 2.31. The van der Waals surface area contributed by atoms with E-state index in [1.54, 1.807) is 0 Å². The van der Waals surface area contributed by atoms with Crippen LogP contribution in [0, 0.1) is 0 Å². The maximum absolute atomic E-state index is 12.9. The first-order valence-corrected chi connectivity index (χ1v) is 6.95. The Morgan fingerprint density at radius 1 is 1.50 bits per heavy atom. The molecule has 0 saturated carbocycles. The van der Waals surface area contributed by atoms with E-state index >= 15 is 0 Å². The highest BCUT2D eigenvalue weighted by molar-refractivity contribution is 7.99. The number of rotatable bonds is 7. The van der Waals surface area contributed by atoms with Gasteiger partial charge >= 0.3 is 17.2 Å². The van der Waals surface area contributed by atoms with Crippen molar-refractivity contribution in [2.24, 2.45) is 0 Å². The Morgan fingerprint density at radius 3 is 2.85 bits per heavy atom. The Kier molecular flexibility index (Phi) is 7.47. The number of thioether (sulfide) groups is 1. The highest BCUT2D eigenvalue weighted by Gasteiger charge is 2.44. The third-order valence-electron chi connectivity index (χ3n) is 1.78. The summed E-state index contributed by atoms with van der Waals surface area (Å²) in [5.41, 5.74) is 0. The highest BCUT2D eigenvalue weighted by atomic mass is 32.2. The number of alkyl halides is 2. The van der Waals surface area contributed by atoms with Crippen molar-refractivity contribution < 1.29 is 47.2 Å². The molecule has 1 N–H and O–H groups in total. The molecule has 1 fully saturated rings. The van der Waals surface area contributed by atoms with Crippen LogP contribution in [0.4, 0.5) is 8.78 Å². The smallest absolute Gasteiger partial charge is 0.415 e. The number of carbonyl (C=O) groups is 2. The summed E-state index contributed by atoms with van der Waals surface area (Å²) in [6.07, 6.45) is -0.791. The monoisotopic (exact) mass is 336 g/mol. The Balaban J connectivity index is 2.27. The fraction of sp³-hybridized carbons (Fsp3) is 0.750. The summed E-state index contributed by atoms with van der Waals surface area (Å²) in [4.78, 5) is 22.1. The van der Waals surface area contributed by atoms with Gasteiger partial charge in [0.05, 0.1) is 12.4 Å². The minimum absolute atomic E-state index is 0.398. The number of hydrogen-bond acceptors (Lipinski definition) is 10. The van der Waals surface area contributed by atoms with Crippen LogP contribution in [0.1, 0.15) is 0 Å². The summed E-state index contributed by atoms with van der Waals surface area (Å²) in [6, 6.07) is 0. The lowest BCUT2D eigenvalue weighted by Crippen LogP contribution is -2.33. The largest absolute Gasteiger partial charge is 0.448 e. The topological polar surface area (TPSA) is 101 Å². The van der Waals surface area contributed by atoms with Crippen molar-refractivity contribution in [2.45, 2.75) is 11.5 Å². The fourth-order valence-corrected chi connectivity index (χ4v) is 2.00. The molecule has 0 bridgehead atoms. The Bertz CT molecular complexity index is 336. The van der Waals surface area contributed by atoms with Gasteiger partial charge in [0.25, 0.3) is 0 Å².